The number of nitrogens with zero attached hydrogens (tertiary/aromatic N) is 2. The SMILES string of the molecule is CC(Cl)c1nc2c(F)cc(F)cc2n1C(C)(C)C(N)=O. The van der Waals surface area contributed by atoms with Crippen LogP contribution in [0.5, 0.6) is 0 Å². The summed E-state index contributed by atoms with van der Waals surface area (Å²) in [5, 5.41) is -0.594. The number of hydrogen-bond acceptors (Lipinski definition) is 2. The van der Waals surface area contributed by atoms with Crippen LogP contribution in [0.3, 0.4) is 0 Å². The Kier molecular flexibility index (Phi) is 3.46. The minimum Gasteiger partial charge on any atom is -0.368 e. The van der Waals surface area contributed by atoms with Crippen LogP contribution >= 0.6 is 11.6 Å². The summed E-state index contributed by atoms with van der Waals surface area (Å²) in [6.45, 7) is 4.72. The van der Waals surface area contributed by atoms with E-state index in [4.69, 9.17) is 17.3 Å². The van der Waals surface area contributed by atoms with Crippen LogP contribution in [0, 0.1) is 11.6 Å². The van der Waals surface area contributed by atoms with Gasteiger partial charge >= 0.3 is 0 Å². The van der Waals surface area contributed by atoms with Crippen LogP contribution in [0.1, 0.15) is 32.0 Å². The summed E-state index contributed by atoms with van der Waals surface area (Å²) in [7, 11) is 0. The van der Waals surface area contributed by atoms with Crippen molar-refractivity contribution in [2.75, 3.05) is 0 Å². The van der Waals surface area contributed by atoms with Crippen molar-refractivity contribution in [2.45, 2.75) is 31.7 Å². The monoisotopic (exact) mass is 301 g/mol. The highest BCUT2D eigenvalue weighted by atomic mass is 35.5. The molecule has 1 aromatic carbocycles. The molecule has 0 aliphatic heterocycles. The van der Waals surface area contributed by atoms with Crippen molar-refractivity contribution < 1.29 is 13.6 Å². The Morgan fingerprint density at radius 2 is 2.05 bits per heavy atom. The van der Waals surface area contributed by atoms with Crippen LogP contribution in [0.25, 0.3) is 11.0 Å². The molecule has 1 unspecified atom stereocenters. The molecule has 4 nitrogen and oxygen atoms in total. The topological polar surface area (TPSA) is 60.9 Å². The summed E-state index contributed by atoms with van der Waals surface area (Å²) in [4.78, 5) is 15.7. The molecule has 1 heterocycles. The van der Waals surface area contributed by atoms with Crippen molar-refractivity contribution in [3.8, 4) is 0 Å². The predicted molar refractivity (Wildman–Crippen MR) is 72.4 cm³/mol. The summed E-state index contributed by atoms with van der Waals surface area (Å²) in [5.74, 6) is -1.96. The fraction of sp³-hybridized carbons (Fsp3) is 0.385. The number of aromatic nitrogens is 2. The van der Waals surface area contributed by atoms with Crippen molar-refractivity contribution in [1.29, 1.82) is 0 Å². The maximum Gasteiger partial charge on any atom is 0.243 e. The van der Waals surface area contributed by atoms with Gasteiger partial charge in [-0.2, -0.15) is 0 Å². The first-order valence-corrected chi connectivity index (χ1v) is 6.41. The molecule has 1 amide bonds. The van der Waals surface area contributed by atoms with Gasteiger partial charge in [0, 0.05) is 12.1 Å². The predicted octanol–water partition coefficient (Wildman–Crippen LogP) is 2.83. The second-order valence-electron chi connectivity index (χ2n) is 5.10. The second kappa shape index (κ2) is 4.70. The molecule has 0 saturated heterocycles. The number of halogens is 3. The first-order chi connectivity index (χ1) is 9.16. The minimum absolute atomic E-state index is 0.0387. The van der Waals surface area contributed by atoms with E-state index < -0.39 is 28.5 Å². The lowest BCUT2D eigenvalue weighted by Crippen LogP contribution is -2.42. The molecule has 0 spiro atoms. The molecule has 0 radical (unpaired) electrons. The molecular weight excluding hydrogens is 288 g/mol. The van der Waals surface area contributed by atoms with Crippen LogP contribution in [0.4, 0.5) is 8.78 Å². The number of carbonyl (C=O) groups excluding carboxylic acids is 1. The zero-order valence-electron chi connectivity index (χ0n) is 11.2. The van der Waals surface area contributed by atoms with Crippen LogP contribution < -0.4 is 5.73 Å². The van der Waals surface area contributed by atoms with Gasteiger partial charge in [-0.3, -0.25) is 4.79 Å². The molecule has 0 aliphatic carbocycles. The summed E-state index contributed by atoms with van der Waals surface area (Å²) in [6.07, 6.45) is 0. The van der Waals surface area contributed by atoms with E-state index in [1.165, 1.54) is 4.57 Å². The maximum absolute atomic E-state index is 13.8. The quantitative estimate of drug-likeness (QED) is 0.886. The van der Waals surface area contributed by atoms with Gasteiger partial charge in [-0.15, -0.1) is 11.6 Å². The third-order valence-corrected chi connectivity index (χ3v) is 3.42. The first kappa shape index (κ1) is 14.7. The number of carbonyl (C=O) groups is 1. The highest BCUT2D eigenvalue weighted by Crippen LogP contribution is 2.32. The van der Waals surface area contributed by atoms with Crippen LogP contribution in [0.15, 0.2) is 12.1 Å². The largest absolute Gasteiger partial charge is 0.368 e. The van der Waals surface area contributed by atoms with Gasteiger partial charge in [0.15, 0.2) is 5.82 Å². The van der Waals surface area contributed by atoms with Crippen molar-refractivity contribution in [1.82, 2.24) is 9.55 Å². The average Bonchev–Trinajstić information content (AvgIpc) is 2.68. The van der Waals surface area contributed by atoms with Crippen LogP contribution in [0.2, 0.25) is 0 Å². The van der Waals surface area contributed by atoms with Gasteiger partial charge in [-0.25, -0.2) is 13.8 Å². The van der Waals surface area contributed by atoms with Gasteiger partial charge in [0.2, 0.25) is 5.91 Å². The smallest absolute Gasteiger partial charge is 0.243 e. The van der Waals surface area contributed by atoms with E-state index in [0.29, 0.717) is 0 Å². The third-order valence-electron chi connectivity index (χ3n) is 3.22. The molecule has 2 aromatic rings. The molecule has 108 valence electrons. The lowest BCUT2D eigenvalue weighted by atomic mass is 10.0. The molecule has 0 fully saturated rings. The molecule has 0 bridgehead atoms. The number of fused-ring (bicyclic) bond motifs is 1. The van der Waals surface area contributed by atoms with E-state index in [1.54, 1.807) is 20.8 Å². The number of rotatable bonds is 3. The zero-order chi connectivity index (χ0) is 15.2. The van der Waals surface area contributed by atoms with Gasteiger partial charge in [0.05, 0.1) is 10.9 Å². The molecule has 0 aliphatic rings. The molecule has 1 aromatic heterocycles. The number of imidazole rings is 1. The van der Waals surface area contributed by atoms with Gasteiger partial charge in [0.1, 0.15) is 22.7 Å². The van der Waals surface area contributed by atoms with Crippen molar-refractivity contribution in [3.05, 3.63) is 29.6 Å². The Balaban J connectivity index is 2.92. The summed E-state index contributed by atoms with van der Waals surface area (Å²) in [5.41, 5.74) is 4.27. The fourth-order valence-electron chi connectivity index (χ4n) is 2.09. The molecule has 0 saturated carbocycles. The second-order valence-corrected chi connectivity index (χ2v) is 5.75. The van der Waals surface area contributed by atoms with E-state index in [1.807, 2.05) is 0 Å². The van der Waals surface area contributed by atoms with E-state index in [-0.39, 0.29) is 16.9 Å². The normalized spacial score (nSPS) is 13.7. The fourth-order valence-corrected chi connectivity index (χ4v) is 2.23. The number of primary amides is 1. The van der Waals surface area contributed by atoms with Gasteiger partial charge < -0.3 is 10.3 Å². The Morgan fingerprint density at radius 3 is 2.55 bits per heavy atom. The number of nitrogens with two attached hydrogens (primary N) is 1. The highest BCUT2D eigenvalue weighted by molar-refractivity contribution is 6.20. The molecule has 2 N–H and O–H groups in total. The Morgan fingerprint density at radius 1 is 1.45 bits per heavy atom. The number of hydrogen-bond donors (Lipinski definition) is 1. The highest BCUT2D eigenvalue weighted by Gasteiger charge is 2.33. The standard InChI is InChI=1S/C13H14ClF2N3O/c1-6(14)11-18-10-8(16)4-7(15)5-9(10)19(11)13(2,3)12(17)20/h4-6H,1-3H3,(H2,17,20). The van der Waals surface area contributed by atoms with Gasteiger partial charge in [0.25, 0.3) is 0 Å². The lowest BCUT2D eigenvalue weighted by molar-refractivity contribution is -0.125. The Hall–Kier alpha value is -1.69. The molecular formula is C13H14ClF2N3O. The van der Waals surface area contributed by atoms with Crippen molar-refractivity contribution in [3.63, 3.8) is 0 Å². The number of amides is 1. The average molecular weight is 302 g/mol. The van der Waals surface area contributed by atoms with Crippen LogP contribution in [-0.4, -0.2) is 15.5 Å². The number of benzene rings is 1. The lowest BCUT2D eigenvalue weighted by Gasteiger charge is -2.26. The van der Waals surface area contributed by atoms with Crippen molar-refractivity contribution in [2.24, 2.45) is 5.73 Å². The molecule has 1 atom stereocenters. The summed E-state index contributed by atoms with van der Waals surface area (Å²) in [6, 6.07) is 1.85. The molecule has 2 rings (SSSR count). The molecule has 7 heteroatoms. The first-order valence-electron chi connectivity index (χ1n) is 5.98. The Labute approximate surface area is 119 Å². The zero-order valence-corrected chi connectivity index (χ0v) is 12.0. The summed E-state index contributed by atoms with van der Waals surface area (Å²) >= 11 is 6.03. The van der Waals surface area contributed by atoms with Crippen LogP contribution in [-0.2, 0) is 10.3 Å². The molecule has 20 heavy (non-hydrogen) atoms. The van der Waals surface area contributed by atoms with E-state index >= 15 is 0 Å². The van der Waals surface area contributed by atoms with Crippen molar-refractivity contribution >= 4 is 28.5 Å². The third kappa shape index (κ3) is 2.14. The number of alkyl halides is 1. The van der Waals surface area contributed by atoms with Gasteiger partial charge in [-0.1, -0.05) is 0 Å². The maximum atomic E-state index is 13.8. The Bertz CT molecular complexity index is 694. The van der Waals surface area contributed by atoms with Gasteiger partial charge in [-0.05, 0) is 20.8 Å². The summed E-state index contributed by atoms with van der Waals surface area (Å²) < 4.78 is 28.6. The minimum atomic E-state index is -1.21. The van der Waals surface area contributed by atoms with E-state index in [9.17, 15) is 13.6 Å². The van der Waals surface area contributed by atoms with E-state index in [0.717, 1.165) is 12.1 Å². The van der Waals surface area contributed by atoms with E-state index in [2.05, 4.69) is 4.98 Å².